The second-order valence-electron chi connectivity index (χ2n) is 12.1. The number of carboxylic acids is 1. The van der Waals surface area contributed by atoms with E-state index in [1.807, 2.05) is 41.8 Å². The molecule has 0 bridgehead atoms. The Balaban J connectivity index is 1.18. The van der Waals surface area contributed by atoms with E-state index in [9.17, 15) is 24.3 Å². The average Bonchev–Trinajstić information content (AvgIpc) is 3.89. The second-order valence-corrected chi connectivity index (χ2v) is 12.1. The van der Waals surface area contributed by atoms with Crippen LogP contribution in [0.4, 0.5) is 21.6 Å². The van der Waals surface area contributed by atoms with Crippen LogP contribution in [-0.2, 0) is 17.7 Å². The molecule has 1 atom stereocenters. The van der Waals surface area contributed by atoms with Crippen molar-refractivity contribution in [3.63, 3.8) is 0 Å². The number of pyridine rings is 1. The first-order valence-electron chi connectivity index (χ1n) is 16.0. The van der Waals surface area contributed by atoms with Crippen molar-refractivity contribution in [2.75, 3.05) is 43.0 Å². The van der Waals surface area contributed by atoms with E-state index in [0.717, 1.165) is 35.6 Å². The first kappa shape index (κ1) is 32.2. The first-order chi connectivity index (χ1) is 22.6. The van der Waals surface area contributed by atoms with Gasteiger partial charge in [-0.3, -0.25) is 24.0 Å². The molecule has 2 aliphatic rings. The molecule has 2 fully saturated rings. The van der Waals surface area contributed by atoms with Gasteiger partial charge in [-0.05, 0) is 68.5 Å². The summed E-state index contributed by atoms with van der Waals surface area (Å²) in [6, 6.07) is 10.1. The maximum atomic E-state index is 15.5. The van der Waals surface area contributed by atoms with Crippen LogP contribution in [0.5, 0.6) is 0 Å². The normalized spacial score (nSPS) is 16.0. The Hall–Kier alpha value is -4.75. The van der Waals surface area contributed by atoms with Gasteiger partial charge in [0.15, 0.2) is 0 Å². The van der Waals surface area contributed by atoms with E-state index in [2.05, 4.69) is 17.2 Å². The van der Waals surface area contributed by atoms with Crippen LogP contribution in [0.1, 0.15) is 54.2 Å². The Kier molecular flexibility index (Phi) is 9.02. The van der Waals surface area contributed by atoms with Gasteiger partial charge in [-0.15, -0.1) is 0 Å². The molecule has 3 heterocycles. The van der Waals surface area contributed by atoms with Crippen LogP contribution >= 0.6 is 0 Å². The lowest BCUT2D eigenvalue weighted by molar-refractivity contribution is -0.0673. The Morgan fingerprint density at radius 2 is 1.83 bits per heavy atom. The maximum absolute atomic E-state index is 15.5. The van der Waals surface area contributed by atoms with Crippen molar-refractivity contribution in [2.45, 2.75) is 58.8 Å². The molecule has 1 saturated heterocycles. The van der Waals surface area contributed by atoms with Crippen LogP contribution in [0.2, 0.25) is 0 Å². The number of nitrogens with one attached hydrogen (secondary N) is 2. The average molecular weight is 647 g/mol. The summed E-state index contributed by atoms with van der Waals surface area (Å²) >= 11 is 0. The number of H-pyrrole nitrogens is 1. The largest absolute Gasteiger partial charge is 0.477 e. The molecule has 3 N–H and O–H groups in total. The van der Waals surface area contributed by atoms with Crippen LogP contribution in [0.15, 0.2) is 57.0 Å². The summed E-state index contributed by atoms with van der Waals surface area (Å²) in [5.74, 6) is -1.63. The molecule has 12 nitrogen and oxygen atoms in total. The molecule has 6 rings (SSSR count). The summed E-state index contributed by atoms with van der Waals surface area (Å²) in [4.78, 5) is 57.4. The summed E-state index contributed by atoms with van der Waals surface area (Å²) in [5, 5.41) is 12.7. The lowest BCUT2D eigenvalue weighted by Crippen LogP contribution is -2.54. The minimum atomic E-state index is -1.33. The molecule has 2 aromatic carbocycles. The highest BCUT2D eigenvalue weighted by molar-refractivity contribution is 5.93. The zero-order valence-corrected chi connectivity index (χ0v) is 26.7. The number of rotatable bonds is 11. The highest BCUT2D eigenvalue weighted by atomic mass is 19.1. The quantitative estimate of drug-likeness (QED) is 0.222. The zero-order chi connectivity index (χ0) is 33.4. The molecule has 13 heteroatoms. The predicted octanol–water partition coefficient (Wildman–Crippen LogP) is 3.82. The monoisotopic (exact) mass is 646 g/mol. The number of aryl methyl sites for hydroxylation is 2. The Morgan fingerprint density at radius 3 is 2.47 bits per heavy atom. The van der Waals surface area contributed by atoms with Crippen LogP contribution < -0.4 is 26.9 Å². The highest BCUT2D eigenvalue weighted by Gasteiger charge is 2.30. The molecular weight excluding hydrogens is 607 g/mol. The lowest BCUT2D eigenvalue weighted by atomic mass is 10.1. The number of nitrogens with zero attached hydrogens (tertiary/aromatic N) is 4. The molecule has 1 saturated carbocycles. The topological polar surface area (TPSA) is 142 Å². The van der Waals surface area contributed by atoms with Gasteiger partial charge in [0, 0.05) is 62.2 Å². The van der Waals surface area contributed by atoms with Gasteiger partial charge in [0.1, 0.15) is 23.4 Å². The van der Waals surface area contributed by atoms with Gasteiger partial charge in [-0.2, -0.15) is 0 Å². The summed E-state index contributed by atoms with van der Waals surface area (Å²) < 4.78 is 24.4. The number of aromatic nitrogens is 3. The summed E-state index contributed by atoms with van der Waals surface area (Å²) in [6.07, 6.45) is 3.38. The molecule has 1 unspecified atom stereocenters. The first-order valence-corrected chi connectivity index (χ1v) is 16.0. The van der Waals surface area contributed by atoms with Gasteiger partial charge < -0.3 is 24.6 Å². The molecule has 0 amide bonds. The molecule has 1 aliphatic heterocycles. The van der Waals surface area contributed by atoms with E-state index in [4.69, 9.17) is 4.74 Å². The smallest absolute Gasteiger partial charge is 0.341 e. The van der Waals surface area contributed by atoms with Gasteiger partial charge in [-0.25, -0.2) is 14.0 Å². The molecule has 0 spiro atoms. The van der Waals surface area contributed by atoms with Gasteiger partial charge in [0.25, 0.3) is 5.56 Å². The van der Waals surface area contributed by atoms with Gasteiger partial charge in [0.2, 0.25) is 5.43 Å². The molecule has 0 radical (unpaired) electrons. The minimum absolute atomic E-state index is 0.0106. The summed E-state index contributed by atoms with van der Waals surface area (Å²) in [6.45, 7) is 8.11. The van der Waals surface area contributed by atoms with Crippen LogP contribution in [-0.4, -0.2) is 69.1 Å². The van der Waals surface area contributed by atoms with E-state index in [1.165, 1.54) is 23.4 Å². The van der Waals surface area contributed by atoms with E-state index >= 15 is 4.39 Å². The number of fused-ring (bicyclic) bond motifs is 1. The van der Waals surface area contributed by atoms with Gasteiger partial charge >= 0.3 is 11.7 Å². The van der Waals surface area contributed by atoms with Crippen molar-refractivity contribution in [3.05, 3.63) is 96.2 Å². The van der Waals surface area contributed by atoms with Gasteiger partial charge in [0.05, 0.1) is 17.7 Å². The molecule has 4 aromatic rings. The van der Waals surface area contributed by atoms with Crippen molar-refractivity contribution in [1.82, 2.24) is 19.0 Å². The third kappa shape index (κ3) is 6.58. The molecule has 47 heavy (non-hydrogen) atoms. The summed E-state index contributed by atoms with van der Waals surface area (Å²) in [7, 11) is 0. The third-order valence-corrected chi connectivity index (χ3v) is 9.06. The van der Waals surface area contributed by atoms with Crippen LogP contribution in [0, 0.1) is 12.7 Å². The number of ether oxygens (including phenoxy) is 1. The standard InChI is InChI=1S/C34H39FN6O6/c1-4-21-14-22(7-6-20(21)3)36-29-17-30(42)41(34(46)37-29)19-31(47-5-2)39-12-10-38(11-13-39)28-16-27-24(15-26(28)35)32(43)25(33(44)45)18-40(27)23-8-9-23/h6-7,14-18,23,31,36H,4-5,8-13,19H2,1-3H3,(H,37,46)(H,44,45). The lowest BCUT2D eigenvalue weighted by Gasteiger charge is -2.40. The van der Waals surface area contributed by atoms with E-state index in [-0.39, 0.29) is 23.5 Å². The molecule has 248 valence electrons. The Labute approximate surface area is 270 Å². The number of hydrogen-bond acceptors (Lipinski definition) is 8. The van der Waals surface area contributed by atoms with Gasteiger partial charge in [-0.1, -0.05) is 13.0 Å². The number of benzene rings is 2. The minimum Gasteiger partial charge on any atom is -0.477 e. The molecule has 2 aromatic heterocycles. The maximum Gasteiger partial charge on any atom is 0.341 e. The zero-order valence-electron chi connectivity index (χ0n) is 26.7. The number of hydrogen-bond donors (Lipinski definition) is 3. The van der Waals surface area contributed by atoms with Crippen molar-refractivity contribution in [3.8, 4) is 0 Å². The second kappa shape index (κ2) is 13.2. The number of halogens is 1. The number of anilines is 3. The number of piperazine rings is 1. The van der Waals surface area contributed by atoms with Crippen molar-refractivity contribution < 1.29 is 19.0 Å². The van der Waals surface area contributed by atoms with E-state index in [1.54, 1.807) is 10.6 Å². The predicted molar refractivity (Wildman–Crippen MR) is 178 cm³/mol. The number of aromatic amines is 1. The molecular formula is C34H39FN6O6. The Morgan fingerprint density at radius 1 is 1.09 bits per heavy atom. The third-order valence-electron chi connectivity index (χ3n) is 9.06. The molecule has 1 aliphatic carbocycles. The highest BCUT2D eigenvalue weighted by Crippen LogP contribution is 2.38. The van der Waals surface area contributed by atoms with Crippen LogP contribution in [0.3, 0.4) is 0 Å². The van der Waals surface area contributed by atoms with Crippen LogP contribution in [0.25, 0.3) is 10.9 Å². The fourth-order valence-electron chi connectivity index (χ4n) is 6.33. The van der Waals surface area contributed by atoms with E-state index < -0.39 is 34.7 Å². The van der Waals surface area contributed by atoms with E-state index in [0.29, 0.717) is 49.8 Å². The fourth-order valence-corrected chi connectivity index (χ4v) is 6.33. The SMILES string of the molecule is CCOC(Cn1c(=O)cc(Nc2ccc(C)c(CC)c2)[nH]c1=O)N1CCN(c2cc3c(cc2F)c(=O)c(C(=O)O)cn3C2CC2)CC1. The number of aromatic carboxylic acids is 1. The fraction of sp³-hybridized carbons (Fsp3) is 0.412. The number of carbonyl (C=O) groups is 1. The van der Waals surface area contributed by atoms with Crippen molar-refractivity contribution in [2.24, 2.45) is 0 Å². The number of carboxylic acid groups (broad SMARTS) is 1. The Bertz CT molecular complexity index is 1980. The van der Waals surface area contributed by atoms with Crippen molar-refractivity contribution >= 4 is 34.1 Å². The summed E-state index contributed by atoms with van der Waals surface area (Å²) in [5.41, 5.74) is 1.86. The van der Waals surface area contributed by atoms with Crippen molar-refractivity contribution in [1.29, 1.82) is 0 Å².